The molecule has 1 saturated heterocycles. The summed E-state index contributed by atoms with van der Waals surface area (Å²) in [6.07, 6.45) is 2.85. The third-order valence-electron chi connectivity index (χ3n) is 1.96. The molecule has 1 aliphatic rings. The predicted octanol–water partition coefficient (Wildman–Crippen LogP) is 0.663. The molecule has 2 rings (SSSR count). The molecule has 0 aliphatic carbocycles. The number of nitrogens with zero attached hydrogens (tertiary/aromatic N) is 2. The highest BCUT2D eigenvalue weighted by Gasteiger charge is 2.22. The van der Waals surface area contributed by atoms with E-state index in [4.69, 9.17) is 9.26 Å². The smallest absolute Gasteiger partial charge is 0.233 e. The van der Waals surface area contributed by atoms with E-state index in [1.807, 2.05) is 0 Å². The Bertz CT molecular complexity index is 291. The molecular formula is C8H10N2O3. The van der Waals surface area contributed by atoms with Crippen molar-refractivity contribution in [1.82, 2.24) is 10.1 Å². The molecule has 0 radical (unpaired) electrons. The lowest BCUT2D eigenvalue weighted by atomic mass is 10.2. The quantitative estimate of drug-likeness (QED) is 0.642. The maximum absolute atomic E-state index is 10.1. The Morgan fingerprint density at radius 2 is 2.54 bits per heavy atom. The van der Waals surface area contributed by atoms with E-state index in [2.05, 4.69) is 10.1 Å². The molecule has 1 aromatic heterocycles. The number of carbonyl (C=O) groups excluding carboxylic acids is 1. The SMILES string of the molecule is O=CCc1nc(C2CCCO2)no1. The van der Waals surface area contributed by atoms with E-state index in [-0.39, 0.29) is 12.5 Å². The minimum Gasteiger partial charge on any atom is -0.370 e. The van der Waals surface area contributed by atoms with E-state index in [9.17, 15) is 4.79 Å². The zero-order chi connectivity index (χ0) is 9.10. The van der Waals surface area contributed by atoms with E-state index in [0.717, 1.165) is 25.7 Å². The van der Waals surface area contributed by atoms with E-state index < -0.39 is 0 Å². The summed E-state index contributed by atoms with van der Waals surface area (Å²) in [5, 5.41) is 3.75. The zero-order valence-electron chi connectivity index (χ0n) is 7.10. The fourth-order valence-electron chi connectivity index (χ4n) is 1.33. The molecule has 0 aromatic carbocycles. The molecule has 2 heterocycles. The van der Waals surface area contributed by atoms with Gasteiger partial charge in [-0.05, 0) is 12.8 Å². The van der Waals surface area contributed by atoms with E-state index in [1.54, 1.807) is 0 Å². The number of carbonyl (C=O) groups is 1. The second kappa shape index (κ2) is 3.66. The molecule has 0 saturated carbocycles. The van der Waals surface area contributed by atoms with Gasteiger partial charge in [0.25, 0.3) is 0 Å². The van der Waals surface area contributed by atoms with Crippen molar-refractivity contribution in [2.45, 2.75) is 25.4 Å². The highest BCUT2D eigenvalue weighted by molar-refractivity contribution is 5.52. The van der Waals surface area contributed by atoms with Crippen LogP contribution in [0, 0.1) is 0 Å². The monoisotopic (exact) mass is 182 g/mol. The lowest BCUT2D eigenvalue weighted by Crippen LogP contribution is -1.98. The van der Waals surface area contributed by atoms with Gasteiger partial charge in [-0.3, -0.25) is 0 Å². The first-order valence-electron chi connectivity index (χ1n) is 4.28. The molecule has 0 spiro atoms. The Morgan fingerprint density at radius 1 is 1.62 bits per heavy atom. The molecule has 1 atom stereocenters. The minimum atomic E-state index is -0.0378. The molecular weight excluding hydrogens is 172 g/mol. The summed E-state index contributed by atoms with van der Waals surface area (Å²) in [7, 11) is 0. The molecule has 1 unspecified atom stereocenters. The summed E-state index contributed by atoms with van der Waals surface area (Å²) in [5.74, 6) is 0.926. The van der Waals surface area contributed by atoms with E-state index >= 15 is 0 Å². The molecule has 5 heteroatoms. The van der Waals surface area contributed by atoms with Crippen molar-refractivity contribution in [3.8, 4) is 0 Å². The van der Waals surface area contributed by atoms with Crippen molar-refractivity contribution < 1.29 is 14.1 Å². The first-order valence-corrected chi connectivity index (χ1v) is 4.28. The molecule has 13 heavy (non-hydrogen) atoms. The third kappa shape index (κ3) is 1.75. The van der Waals surface area contributed by atoms with Gasteiger partial charge < -0.3 is 14.1 Å². The largest absolute Gasteiger partial charge is 0.370 e. The average Bonchev–Trinajstić information content (AvgIpc) is 2.70. The Kier molecular flexibility index (Phi) is 2.35. The third-order valence-corrected chi connectivity index (χ3v) is 1.96. The first-order chi connectivity index (χ1) is 6.40. The van der Waals surface area contributed by atoms with Gasteiger partial charge in [0.2, 0.25) is 11.7 Å². The maximum atomic E-state index is 10.1. The van der Waals surface area contributed by atoms with Crippen LogP contribution in [0.2, 0.25) is 0 Å². The Balaban J connectivity index is 2.07. The van der Waals surface area contributed by atoms with Crippen LogP contribution in [0.4, 0.5) is 0 Å². The van der Waals surface area contributed by atoms with E-state index in [1.165, 1.54) is 0 Å². The summed E-state index contributed by atoms with van der Waals surface area (Å²) in [6.45, 7) is 0.752. The van der Waals surface area contributed by atoms with Gasteiger partial charge in [-0.25, -0.2) is 0 Å². The van der Waals surface area contributed by atoms with Gasteiger partial charge in [0.1, 0.15) is 12.4 Å². The van der Waals surface area contributed by atoms with Gasteiger partial charge in [-0.2, -0.15) is 4.98 Å². The predicted molar refractivity (Wildman–Crippen MR) is 42.0 cm³/mol. The van der Waals surface area contributed by atoms with Crippen molar-refractivity contribution in [1.29, 1.82) is 0 Å². The van der Waals surface area contributed by atoms with Crippen LogP contribution >= 0.6 is 0 Å². The fourth-order valence-corrected chi connectivity index (χ4v) is 1.33. The van der Waals surface area contributed by atoms with Crippen molar-refractivity contribution in [2.75, 3.05) is 6.61 Å². The lowest BCUT2D eigenvalue weighted by Gasteiger charge is -2.00. The zero-order valence-corrected chi connectivity index (χ0v) is 7.10. The first kappa shape index (κ1) is 8.37. The topological polar surface area (TPSA) is 65.2 Å². The van der Waals surface area contributed by atoms with Crippen LogP contribution in [0.5, 0.6) is 0 Å². The number of hydrogen-bond donors (Lipinski definition) is 0. The van der Waals surface area contributed by atoms with Gasteiger partial charge in [0.05, 0.1) is 6.42 Å². The molecule has 1 fully saturated rings. The van der Waals surface area contributed by atoms with Crippen LogP contribution in [-0.4, -0.2) is 23.0 Å². The standard InChI is InChI=1S/C8H10N2O3/c11-4-3-7-9-8(10-13-7)6-2-1-5-12-6/h4,6H,1-3,5H2. The van der Waals surface area contributed by atoms with Crippen LogP contribution in [0.25, 0.3) is 0 Å². The Morgan fingerprint density at radius 3 is 3.23 bits per heavy atom. The molecule has 0 amide bonds. The second-order valence-electron chi connectivity index (χ2n) is 2.92. The van der Waals surface area contributed by atoms with Crippen LogP contribution in [0.1, 0.15) is 30.7 Å². The van der Waals surface area contributed by atoms with Crippen LogP contribution in [-0.2, 0) is 16.0 Å². The Labute approximate surface area is 75.1 Å². The van der Waals surface area contributed by atoms with Gasteiger partial charge in [0.15, 0.2) is 0 Å². The number of aromatic nitrogens is 2. The summed E-state index contributed by atoms with van der Waals surface area (Å²) in [5.41, 5.74) is 0. The summed E-state index contributed by atoms with van der Waals surface area (Å²) in [6, 6.07) is 0. The summed E-state index contributed by atoms with van der Waals surface area (Å²) < 4.78 is 10.2. The second-order valence-corrected chi connectivity index (χ2v) is 2.92. The van der Waals surface area contributed by atoms with Gasteiger partial charge >= 0.3 is 0 Å². The number of aldehydes is 1. The number of ether oxygens (including phenoxy) is 1. The summed E-state index contributed by atoms with van der Waals surface area (Å²) in [4.78, 5) is 14.2. The molecule has 1 aliphatic heterocycles. The minimum absolute atomic E-state index is 0.0378. The maximum Gasteiger partial charge on any atom is 0.233 e. The van der Waals surface area contributed by atoms with Crippen molar-refractivity contribution in [3.63, 3.8) is 0 Å². The molecule has 70 valence electrons. The average molecular weight is 182 g/mol. The van der Waals surface area contributed by atoms with Gasteiger partial charge in [-0.1, -0.05) is 5.16 Å². The number of hydrogen-bond acceptors (Lipinski definition) is 5. The van der Waals surface area contributed by atoms with Crippen LogP contribution in [0.15, 0.2) is 4.52 Å². The fraction of sp³-hybridized carbons (Fsp3) is 0.625. The molecule has 1 aromatic rings. The van der Waals surface area contributed by atoms with Crippen molar-refractivity contribution in [2.24, 2.45) is 0 Å². The van der Waals surface area contributed by atoms with E-state index in [0.29, 0.717) is 11.7 Å². The molecule has 0 N–H and O–H groups in total. The molecule has 0 bridgehead atoms. The number of rotatable bonds is 3. The van der Waals surface area contributed by atoms with Crippen LogP contribution in [0.3, 0.4) is 0 Å². The van der Waals surface area contributed by atoms with Gasteiger partial charge in [0, 0.05) is 6.61 Å². The van der Waals surface area contributed by atoms with Gasteiger partial charge in [-0.15, -0.1) is 0 Å². The summed E-state index contributed by atoms with van der Waals surface area (Å²) >= 11 is 0. The van der Waals surface area contributed by atoms with Crippen molar-refractivity contribution in [3.05, 3.63) is 11.7 Å². The van der Waals surface area contributed by atoms with Crippen molar-refractivity contribution >= 4 is 6.29 Å². The highest BCUT2D eigenvalue weighted by atomic mass is 16.5. The highest BCUT2D eigenvalue weighted by Crippen LogP contribution is 2.25. The van der Waals surface area contributed by atoms with Crippen LogP contribution < -0.4 is 0 Å². The molecule has 5 nitrogen and oxygen atoms in total. The lowest BCUT2D eigenvalue weighted by molar-refractivity contribution is -0.107. The normalized spacial score (nSPS) is 22.0. The Hall–Kier alpha value is -1.23.